The van der Waals surface area contributed by atoms with Gasteiger partial charge < -0.3 is 0 Å². The van der Waals surface area contributed by atoms with Gasteiger partial charge in [-0.2, -0.15) is 0 Å². The Hall–Kier alpha value is -7.79. The quantitative estimate of drug-likeness (QED) is 0.102. The highest BCUT2D eigenvalue weighted by atomic mass is 28.3. The molecule has 0 saturated carbocycles. The van der Waals surface area contributed by atoms with Crippen molar-refractivity contribution in [3.63, 3.8) is 0 Å². The van der Waals surface area contributed by atoms with Crippen molar-refractivity contribution in [1.82, 2.24) is 15.0 Å². The van der Waals surface area contributed by atoms with E-state index in [4.69, 9.17) is 15.0 Å². The monoisotopic (exact) mass is 795 g/mol. The van der Waals surface area contributed by atoms with E-state index in [1.165, 1.54) is 20.7 Å². The molecular formula is C57H41N3Si. The van der Waals surface area contributed by atoms with Crippen molar-refractivity contribution in [2.75, 3.05) is 0 Å². The molecule has 0 spiro atoms. The highest BCUT2D eigenvalue weighted by Gasteiger charge is 2.41. The van der Waals surface area contributed by atoms with E-state index in [-0.39, 0.29) is 0 Å². The smallest absolute Gasteiger partial charge is 0.179 e. The highest BCUT2D eigenvalue weighted by Crippen LogP contribution is 2.37. The van der Waals surface area contributed by atoms with Crippen LogP contribution in [0, 0.1) is 0 Å². The van der Waals surface area contributed by atoms with Crippen molar-refractivity contribution >= 4 is 28.8 Å². The molecule has 10 aromatic rings. The SMILES string of the molecule is c1ccc(-c2nc(-c3ccccc3)nc(-c3cc(-c4cccc([Si](c5ccccc5)(c5ccccc5)c5ccccc5)c4)cc(-c4ccccc4-c4ccccc4)c3)n2)cc1. The van der Waals surface area contributed by atoms with Gasteiger partial charge in [-0.3, -0.25) is 0 Å². The first kappa shape index (κ1) is 37.5. The maximum absolute atomic E-state index is 5.21. The lowest BCUT2D eigenvalue weighted by Crippen LogP contribution is -2.74. The third-order valence-corrected chi connectivity index (χ3v) is 16.2. The van der Waals surface area contributed by atoms with Gasteiger partial charge in [0.2, 0.25) is 0 Å². The van der Waals surface area contributed by atoms with Gasteiger partial charge in [-0.25, -0.2) is 15.0 Å². The summed E-state index contributed by atoms with van der Waals surface area (Å²) in [5.74, 6) is 1.88. The highest BCUT2D eigenvalue weighted by molar-refractivity contribution is 7.19. The van der Waals surface area contributed by atoms with Crippen molar-refractivity contribution in [2.45, 2.75) is 0 Å². The Kier molecular flexibility index (Phi) is 10.3. The predicted molar refractivity (Wildman–Crippen MR) is 256 cm³/mol. The molecule has 61 heavy (non-hydrogen) atoms. The summed E-state index contributed by atoms with van der Waals surface area (Å²) < 4.78 is 0. The molecule has 0 aliphatic carbocycles. The average molecular weight is 796 g/mol. The molecule has 9 aromatic carbocycles. The molecule has 10 rings (SSSR count). The number of rotatable bonds is 10. The number of nitrogens with zero attached hydrogens (tertiary/aromatic N) is 3. The summed E-state index contributed by atoms with van der Waals surface area (Å²) in [5, 5.41) is 5.32. The fourth-order valence-electron chi connectivity index (χ4n) is 8.62. The topological polar surface area (TPSA) is 38.7 Å². The van der Waals surface area contributed by atoms with Gasteiger partial charge in [0.15, 0.2) is 25.5 Å². The van der Waals surface area contributed by atoms with E-state index in [2.05, 4.69) is 212 Å². The van der Waals surface area contributed by atoms with Crippen LogP contribution in [0.4, 0.5) is 0 Å². The summed E-state index contributed by atoms with van der Waals surface area (Å²) in [5.41, 5.74) is 9.53. The lowest BCUT2D eigenvalue weighted by molar-refractivity contribution is 1.07. The van der Waals surface area contributed by atoms with E-state index in [1.807, 2.05) is 36.4 Å². The summed E-state index contributed by atoms with van der Waals surface area (Å²) >= 11 is 0. The first-order valence-corrected chi connectivity index (χ1v) is 22.7. The van der Waals surface area contributed by atoms with Gasteiger partial charge in [-0.15, -0.1) is 0 Å². The molecule has 0 aliphatic rings. The fraction of sp³-hybridized carbons (Fsp3) is 0. The van der Waals surface area contributed by atoms with Gasteiger partial charge in [0.1, 0.15) is 0 Å². The van der Waals surface area contributed by atoms with Crippen LogP contribution >= 0.6 is 0 Å². The fourth-order valence-corrected chi connectivity index (χ4v) is 13.4. The van der Waals surface area contributed by atoms with Crippen LogP contribution in [0.5, 0.6) is 0 Å². The molecule has 3 nitrogen and oxygen atoms in total. The Balaban J connectivity index is 1.23. The molecule has 0 aliphatic heterocycles. The van der Waals surface area contributed by atoms with Gasteiger partial charge in [0.25, 0.3) is 0 Å². The second-order valence-corrected chi connectivity index (χ2v) is 19.0. The van der Waals surface area contributed by atoms with Gasteiger partial charge in [0, 0.05) is 16.7 Å². The van der Waals surface area contributed by atoms with Crippen LogP contribution in [0.25, 0.3) is 67.5 Å². The number of hydrogen-bond acceptors (Lipinski definition) is 3. The minimum Gasteiger partial charge on any atom is -0.208 e. The van der Waals surface area contributed by atoms with Crippen LogP contribution in [-0.4, -0.2) is 23.0 Å². The second-order valence-electron chi connectivity index (χ2n) is 15.2. The molecule has 0 fully saturated rings. The molecule has 288 valence electrons. The molecular weight excluding hydrogens is 755 g/mol. The average Bonchev–Trinajstić information content (AvgIpc) is 3.36. The zero-order valence-electron chi connectivity index (χ0n) is 33.5. The van der Waals surface area contributed by atoms with Crippen LogP contribution in [0.2, 0.25) is 0 Å². The summed E-state index contributed by atoms with van der Waals surface area (Å²) in [6, 6.07) is 89.0. The molecule has 0 bridgehead atoms. The van der Waals surface area contributed by atoms with Gasteiger partial charge in [-0.05, 0) is 72.3 Å². The summed E-state index contributed by atoms with van der Waals surface area (Å²) in [4.78, 5) is 15.4. The minimum atomic E-state index is -2.80. The molecule has 0 atom stereocenters. The van der Waals surface area contributed by atoms with E-state index in [0.717, 1.165) is 50.1 Å². The van der Waals surface area contributed by atoms with Crippen LogP contribution in [-0.2, 0) is 0 Å². The predicted octanol–water partition coefficient (Wildman–Crippen LogP) is 11.3. The van der Waals surface area contributed by atoms with Crippen molar-refractivity contribution < 1.29 is 0 Å². The summed E-state index contributed by atoms with van der Waals surface area (Å²) in [6.45, 7) is 0. The molecule has 0 radical (unpaired) electrons. The zero-order valence-corrected chi connectivity index (χ0v) is 34.5. The van der Waals surface area contributed by atoms with Crippen LogP contribution < -0.4 is 20.7 Å². The van der Waals surface area contributed by atoms with E-state index in [1.54, 1.807) is 0 Å². The van der Waals surface area contributed by atoms with Crippen molar-refractivity contribution in [3.05, 3.63) is 249 Å². The van der Waals surface area contributed by atoms with E-state index >= 15 is 0 Å². The Labute approximate surface area is 358 Å². The number of aromatic nitrogens is 3. The van der Waals surface area contributed by atoms with Crippen LogP contribution in [0.15, 0.2) is 249 Å². The largest absolute Gasteiger partial charge is 0.208 e. The van der Waals surface area contributed by atoms with Crippen molar-refractivity contribution in [1.29, 1.82) is 0 Å². The molecule has 0 amide bonds. The molecule has 0 unspecified atom stereocenters. The van der Waals surface area contributed by atoms with Crippen LogP contribution in [0.1, 0.15) is 0 Å². The summed E-state index contributed by atoms with van der Waals surface area (Å²) in [6.07, 6.45) is 0. The van der Waals surface area contributed by atoms with Crippen molar-refractivity contribution in [3.8, 4) is 67.5 Å². The van der Waals surface area contributed by atoms with E-state index in [0.29, 0.717) is 17.5 Å². The first-order valence-electron chi connectivity index (χ1n) is 20.7. The van der Waals surface area contributed by atoms with E-state index in [9.17, 15) is 0 Å². The maximum Gasteiger partial charge on any atom is 0.179 e. The zero-order chi connectivity index (χ0) is 40.9. The minimum absolute atomic E-state index is 0.616. The second kappa shape index (κ2) is 16.8. The first-order chi connectivity index (χ1) is 30.2. The van der Waals surface area contributed by atoms with Gasteiger partial charge >= 0.3 is 0 Å². The normalized spacial score (nSPS) is 11.3. The Morgan fingerprint density at radius 1 is 0.213 bits per heavy atom. The molecule has 0 saturated heterocycles. The number of benzene rings is 9. The standard InChI is InChI=1S/C57H41N3Si/c1-7-22-42(23-8-1)53-36-19-20-37-54(53)47-38-46(39-48(40-47)57-59-55(43-24-9-2-10-25-43)58-56(60-57)44-26-11-3-12-27-44)45-28-21-35-52(41-45)61(49-29-13-4-14-30-49,50-31-15-5-16-32-50)51-33-17-6-18-34-51/h1-41H. The van der Waals surface area contributed by atoms with Gasteiger partial charge in [-0.1, -0.05) is 231 Å². The molecule has 1 aromatic heterocycles. The van der Waals surface area contributed by atoms with Gasteiger partial charge in [0.05, 0.1) is 0 Å². The summed E-state index contributed by atoms with van der Waals surface area (Å²) in [7, 11) is -2.80. The van der Waals surface area contributed by atoms with Crippen LogP contribution in [0.3, 0.4) is 0 Å². The Morgan fingerprint density at radius 2 is 0.541 bits per heavy atom. The molecule has 1 heterocycles. The third kappa shape index (κ3) is 7.42. The molecule has 0 N–H and O–H groups in total. The maximum atomic E-state index is 5.21. The Bertz CT molecular complexity index is 2900. The Morgan fingerprint density at radius 3 is 1.02 bits per heavy atom. The lowest BCUT2D eigenvalue weighted by Gasteiger charge is -2.34. The molecule has 4 heteroatoms. The lowest BCUT2D eigenvalue weighted by atomic mass is 9.91. The van der Waals surface area contributed by atoms with E-state index < -0.39 is 8.07 Å². The third-order valence-electron chi connectivity index (χ3n) is 11.5. The van der Waals surface area contributed by atoms with Crippen molar-refractivity contribution in [2.24, 2.45) is 0 Å². The number of hydrogen-bond donors (Lipinski definition) is 0.